The number of hydrogen-bond donors (Lipinski definition) is 0. The average molecular weight is 416 g/mol. The van der Waals surface area contributed by atoms with Gasteiger partial charge in [-0.15, -0.1) is 11.3 Å². The third kappa shape index (κ3) is 5.17. The van der Waals surface area contributed by atoms with E-state index in [2.05, 4.69) is 16.1 Å². The molecule has 0 saturated carbocycles. The number of halogens is 1. The minimum Gasteiger partial charge on any atom is -0.674 e. The fourth-order valence-corrected chi connectivity index (χ4v) is 3.68. The highest BCUT2D eigenvalue weighted by Gasteiger charge is 2.35. The summed E-state index contributed by atoms with van der Waals surface area (Å²) in [6, 6.07) is 8.99. The molecule has 0 aliphatic carbocycles. The van der Waals surface area contributed by atoms with Gasteiger partial charge in [0, 0.05) is 16.9 Å². The fourth-order valence-electron chi connectivity index (χ4n) is 2.60. The lowest BCUT2D eigenvalue weighted by atomic mass is 10.0. The van der Waals surface area contributed by atoms with E-state index in [-0.39, 0.29) is 5.97 Å². The van der Waals surface area contributed by atoms with Crippen LogP contribution >= 0.6 is 31.2 Å². The molecule has 0 N–H and O–H groups in total. The molecule has 2 atom stereocenters. The lowest BCUT2D eigenvalue weighted by Crippen LogP contribution is -2.32. The first-order valence-corrected chi connectivity index (χ1v) is 9.76. The number of hydrogen-bond acceptors (Lipinski definition) is 7. The Balaban J connectivity index is 0.000000431. The molecule has 1 aromatic heterocycles. The number of fused-ring (bicyclic) bond motifs is 1. The summed E-state index contributed by atoms with van der Waals surface area (Å²) in [4.78, 5) is 22.5. The maximum Gasteiger partial charge on any atom is 0.479 e. The van der Waals surface area contributed by atoms with Gasteiger partial charge < -0.3 is 14.9 Å². The Morgan fingerprint density at radius 2 is 2.08 bits per heavy atom. The van der Waals surface area contributed by atoms with Gasteiger partial charge in [0.15, 0.2) is 6.21 Å². The number of thiophene rings is 1. The quantitative estimate of drug-likeness (QED) is 0.247. The summed E-state index contributed by atoms with van der Waals surface area (Å²) in [5.41, 5.74) is 1.95. The monoisotopic (exact) mass is 415 g/mol. The summed E-state index contributed by atoms with van der Waals surface area (Å²) in [7, 11) is -1.74. The van der Waals surface area contributed by atoms with Crippen LogP contribution in [0.4, 0.5) is 0 Å². The Kier molecular flexibility index (Phi) is 7.84. The first-order chi connectivity index (χ1) is 12.5. The number of nitrogens with zero attached hydrogens (tertiary/aromatic N) is 1. The molecule has 2 aromatic rings. The van der Waals surface area contributed by atoms with Gasteiger partial charge >= 0.3 is 14.2 Å². The molecule has 1 aromatic carbocycles. The highest BCUT2D eigenvalue weighted by Crippen LogP contribution is 2.29. The second-order valence-electron chi connectivity index (χ2n) is 5.16. The lowest BCUT2D eigenvalue weighted by Gasteiger charge is -2.18. The molecule has 0 radical (unpaired) electrons. The van der Waals surface area contributed by atoms with Crippen LogP contribution in [-0.4, -0.2) is 30.4 Å². The zero-order valence-corrected chi connectivity index (χ0v) is 16.1. The Morgan fingerprint density at radius 1 is 1.38 bits per heavy atom. The first-order valence-electron chi connectivity index (χ1n) is 7.41. The lowest BCUT2D eigenvalue weighted by molar-refractivity contribution is -0.644. The van der Waals surface area contributed by atoms with E-state index in [0.717, 1.165) is 18.5 Å². The van der Waals surface area contributed by atoms with Gasteiger partial charge in [0.2, 0.25) is 0 Å². The molecule has 0 bridgehead atoms. The van der Waals surface area contributed by atoms with Gasteiger partial charge in [-0.2, -0.15) is 0 Å². The summed E-state index contributed by atoms with van der Waals surface area (Å²) >= 11 is 8.02. The zero-order valence-electron chi connectivity index (χ0n) is 13.7. The van der Waals surface area contributed by atoms with Crippen molar-refractivity contribution in [2.45, 2.75) is 12.5 Å². The molecule has 10 heteroatoms. The molecule has 138 valence electrons. The van der Waals surface area contributed by atoms with Gasteiger partial charge in [-0.25, -0.2) is 14.0 Å². The largest absolute Gasteiger partial charge is 0.674 e. The highest BCUT2D eigenvalue weighted by molar-refractivity contribution is 7.30. The van der Waals surface area contributed by atoms with Crippen molar-refractivity contribution in [1.29, 1.82) is 0 Å². The van der Waals surface area contributed by atoms with E-state index in [0.29, 0.717) is 5.02 Å². The normalized spacial score (nSPS) is 14.3. The molecule has 0 fully saturated rings. The van der Waals surface area contributed by atoms with Gasteiger partial charge in [0.1, 0.15) is 6.54 Å². The SMILES string of the molecule is COC(=O)C(c1ccccc1Cl)[N+]1=Cc2ccsc2CC1.O=[P+]([O-])O[O-]. The van der Waals surface area contributed by atoms with Crippen LogP contribution in [-0.2, 0) is 25.2 Å². The van der Waals surface area contributed by atoms with Crippen LogP contribution in [0.3, 0.4) is 0 Å². The number of methoxy groups -OCH3 is 1. The summed E-state index contributed by atoms with van der Waals surface area (Å²) in [5.74, 6) is -0.293. The second-order valence-corrected chi connectivity index (χ2v) is 7.17. The van der Waals surface area contributed by atoms with Crippen molar-refractivity contribution < 1.29 is 33.5 Å². The molecule has 0 saturated heterocycles. The van der Waals surface area contributed by atoms with Gasteiger partial charge in [-0.3, -0.25) is 0 Å². The number of ether oxygens (including phenoxy) is 1. The minimum atomic E-state index is -3.15. The van der Waals surface area contributed by atoms with Gasteiger partial charge in [-0.1, -0.05) is 29.8 Å². The van der Waals surface area contributed by atoms with Crippen molar-refractivity contribution in [2.24, 2.45) is 0 Å². The van der Waals surface area contributed by atoms with Crippen molar-refractivity contribution in [2.75, 3.05) is 13.7 Å². The molecule has 1 aliphatic heterocycles. The van der Waals surface area contributed by atoms with Gasteiger partial charge in [0.25, 0.3) is 6.04 Å². The number of carbonyl (C=O) groups excluding carboxylic acids is 1. The molecule has 0 spiro atoms. The van der Waals surface area contributed by atoms with Crippen molar-refractivity contribution in [3.63, 3.8) is 0 Å². The van der Waals surface area contributed by atoms with Crippen molar-refractivity contribution >= 4 is 43.4 Å². The molecule has 0 amide bonds. The predicted molar refractivity (Wildman–Crippen MR) is 93.2 cm³/mol. The van der Waals surface area contributed by atoms with Crippen LogP contribution in [0.15, 0.2) is 35.7 Å². The molecule has 2 heterocycles. The summed E-state index contributed by atoms with van der Waals surface area (Å²) in [6.45, 7) is 0.776. The standard InChI is InChI=1S/C16H15ClNO2S.HO4P/c1-20-16(19)15(12-4-2-3-5-13(12)17)18-8-6-14-11(10-18)7-9-21-14;1-4-5(2)3/h2-5,7,9-10,15H,6,8H2,1H3;1H/q+1;/p-1. The zero-order chi connectivity index (χ0) is 19.1. The van der Waals surface area contributed by atoms with Crippen LogP contribution in [0.5, 0.6) is 0 Å². The van der Waals surface area contributed by atoms with Crippen LogP contribution in [0.2, 0.25) is 5.02 Å². The maximum atomic E-state index is 12.3. The van der Waals surface area contributed by atoms with Crippen LogP contribution in [0.25, 0.3) is 0 Å². The number of carbonyl (C=O) groups is 1. The molecule has 26 heavy (non-hydrogen) atoms. The third-order valence-electron chi connectivity index (χ3n) is 3.70. The van der Waals surface area contributed by atoms with Crippen molar-refractivity contribution in [1.82, 2.24) is 0 Å². The molecule has 1 aliphatic rings. The molecule has 7 nitrogen and oxygen atoms in total. The summed E-state index contributed by atoms with van der Waals surface area (Å²) in [6.07, 6.45) is 2.96. The smallest absolute Gasteiger partial charge is 0.479 e. The van der Waals surface area contributed by atoms with E-state index < -0.39 is 14.3 Å². The third-order valence-corrected chi connectivity index (χ3v) is 5.16. The average Bonchev–Trinajstić information content (AvgIpc) is 3.11. The Labute approximate surface area is 160 Å². The van der Waals surface area contributed by atoms with E-state index in [9.17, 15) is 4.79 Å². The van der Waals surface area contributed by atoms with Gasteiger partial charge in [0.05, 0.1) is 17.7 Å². The number of rotatable bonds is 4. The van der Waals surface area contributed by atoms with Crippen molar-refractivity contribution in [3.05, 3.63) is 56.7 Å². The predicted octanol–water partition coefficient (Wildman–Crippen LogP) is 1.60. The minimum absolute atomic E-state index is 0.293. The van der Waals surface area contributed by atoms with Crippen molar-refractivity contribution in [3.8, 4) is 0 Å². The van der Waals surface area contributed by atoms with Crippen LogP contribution < -0.4 is 10.2 Å². The second kappa shape index (κ2) is 9.87. The summed E-state index contributed by atoms with van der Waals surface area (Å²) in [5, 5.41) is 11.2. The highest BCUT2D eigenvalue weighted by atomic mass is 35.5. The topological polar surface area (TPSA) is 102 Å². The molecule has 2 unspecified atom stereocenters. The maximum absolute atomic E-state index is 12.3. The van der Waals surface area contributed by atoms with Crippen LogP contribution in [0, 0.1) is 0 Å². The molecular weight excluding hydrogens is 401 g/mol. The van der Waals surface area contributed by atoms with Gasteiger partial charge in [-0.05, 0) is 22.1 Å². The van der Waals surface area contributed by atoms with E-state index in [4.69, 9.17) is 31.1 Å². The van der Waals surface area contributed by atoms with Crippen LogP contribution in [0.1, 0.15) is 22.0 Å². The van der Waals surface area contributed by atoms with E-state index in [1.807, 2.05) is 29.0 Å². The Hall–Kier alpha value is -1.67. The molecular formula is C16H15ClNO6PS. The summed E-state index contributed by atoms with van der Waals surface area (Å²) < 4.78 is 18.3. The fraction of sp³-hybridized carbons (Fsp3) is 0.250. The number of benzene rings is 1. The van der Waals surface area contributed by atoms with E-state index in [1.54, 1.807) is 17.4 Å². The van der Waals surface area contributed by atoms with E-state index >= 15 is 0 Å². The number of esters is 1. The Morgan fingerprint density at radius 3 is 2.69 bits per heavy atom. The Bertz CT molecular complexity index is 825. The molecule has 3 rings (SSSR count). The first kappa shape index (κ1) is 20.6. The van der Waals surface area contributed by atoms with E-state index in [1.165, 1.54) is 17.6 Å².